The van der Waals surface area contributed by atoms with E-state index in [1.54, 1.807) is 13.8 Å². The molecule has 0 aliphatic carbocycles. The van der Waals surface area contributed by atoms with Crippen molar-refractivity contribution in [2.45, 2.75) is 33.2 Å². The van der Waals surface area contributed by atoms with Crippen molar-refractivity contribution in [1.82, 2.24) is 5.32 Å². The number of aryl methyl sites for hydroxylation is 1. The molecule has 0 aliphatic rings. The van der Waals surface area contributed by atoms with E-state index in [2.05, 4.69) is 29.6 Å². The Balaban J connectivity index is 2.00. The smallest absolute Gasteiger partial charge is 0.326 e. The lowest BCUT2D eigenvalue weighted by molar-refractivity contribution is -0.140. The molecule has 3 aromatic rings. The number of hydrogen-bond donors (Lipinski definition) is 2. The van der Waals surface area contributed by atoms with Crippen LogP contribution in [0.15, 0.2) is 48.5 Å². The predicted molar refractivity (Wildman–Crippen MR) is 110 cm³/mol. The zero-order valence-corrected chi connectivity index (χ0v) is 16.5. The quantitative estimate of drug-likeness (QED) is 0.654. The van der Waals surface area contributed by atoms with Gasteiger partial charge in [-0.3, -0.25) is 4.79 Å². The van der Waals surface area contributed by atoms with Crippen molar-refractivity contribution in [3.8, 4) is 0 Å². The maximum absolute atomic E-state index is 12.9. The minimum absolute atomic E-state index is 0.193. The van der Waals surface area contributed by atoms with Gasteiger partial charge < -0.3 is 10.4 Å². The number of benzene rings is 2. The molecule has 1 heterocycles. The minimum atomic E-state index is -1.01. The molecule has 0 aliphatic heterocycles. The minimum Gasteiger partial charge on any atom is -0.480 e. The first-order valence-electron chi connectivity index (χ1n) is 8.96. The molecule has 2 aromatic carbocycles. The highest BCUT2D eigenvalue weighted by molar-refractivity contribution is 7.21. The molecule has 0 saturated carbocycles. The van der Waals surface area contributed by atoms with Gasteiger partial charge in [0.05, 0.1) is 4.88 Å². The molecule has 1 amide bonds. The molecule has 27 heavy (non-hydrogen) atoms. The number of fused-ring (bicyclic) bond motifs is 1. The van der Waals surface area contributed by atoms with Crippen molar-refractivity contribution in [2.75, 3.05) is 0 Å². The highest BCUT2D eigenvalue weighted by Gasteiger charge is 2.26. The number of hydrogen-bond acceptors (Lipinski definition) is 3. The van der Waals surface area contributed by atoms with Crippen LogP contribution in [0.3, 0.4) is 0 Å². The van der Waals surface area contributed by atoms with E-state index in [4.69, 9.17) is 0 Å². The van der Waals surface area contributed by atoms with Crippen LogP contribution < -0.4 is 5.32 Å². The number of carboxylic acids is 1. The monoisotopic (exact) mass is 381 g/mol. The Kier molecular flexibility index (Phi) is 5.61. The molecule has 1 unspecified atom stereocenters. The summed E-state index contributed by atoms with van der Waals surface area (Å²) in [5.74, 6) is -1.53. The van der Waals surface area contributed by atoms with E-state index in [1.807, 2.05) is 31.2 Å². The average molecular weight is 381 g/mol. The zero-order valence-electron chi connectivity index (χ0n) is 15.7. The molecular formula is C22H23NO3S. The first-order chi connectivity index (χ1) is 12.9. The van der Waals surface area contributed by atoms with Gasteiger partial charge in [0.15, 0.2) is 0 Å². The second-order valence-electron chi connectivity index (χ2n) is 7.10. The van der Waals surface area contributed by atoms with Crippen LogP contribution in [0.1, 0.15) is 40.2 Å². The number of carbonyl (C=O) groups excluding carboxylic acids is 1. The van der Waals surface area contributed by atoms with Gasteiger partial charge in [0.1, 0.15) is 6.04 Å². The Morgan fingerprint density at radius 1 is 1.07 bits per heavy atom. The largest absolute Gasteiger partial charge is 0.480 e. The van der Waals surface area contributed by atoms with Crippen LogP contribution >= 0.6 is 11.3 Å². The summed E-state index contributed by atoms with van der Waals surface area (Å²) in [6, 6.07) is 15.3. The fourth-order valence-corrected chi connectivity index (χ4v) is 4.21. The van der Waals surface area contributed by atoms with Crippen molar-refractivity contribution in [1.29, 1.82) is 0 Å². The maximum Gasteiger partial charge on any atom is 0.326 e. The standard InChI is InChI=1S/C22H23NO3S/c1-13(2)19(22(25)26)23-21(24)20-17(12-15-10-8-14(3)9-11-15)16-6-4-5-7-18(16)27-20/h4-11,13,19H,12H2,1-3H3,(H,23,24)(H,25,26). The Morgan fingerprint density at radius 2 is 1.74 bits per heavy atom. The molecule has 2 N–H and O–H groups in total. The van der Waals surface area contributed by atoms with Crippen molar-refractivity contribution in [3.05, 3.63) is 70.1 Å². The van der Waals surface area contributed by atoms with Crippen LogP contribution in [-0.4, -0.2) is 23.0 Å². The van der Waals surface area contributed by atoms with Crippen molar-refractivity contribution < 1.29 is 14.7 Å². The van der Waals surface area contributed by atoms with Gasteiger partial charge >= 0.3 is 5.97 Å². The molecule has 0 spiro atoms. The van der Waals surface area contributed by atoms with Gasteiger partial charge in [-0.25, -0.2) is 4.79 Å². The molecule has 0 saturated heterocycles. The predicted octanol–water partition coefficient (Wildman–Crippen LogP) is 4.64. The summed E-state index contributed by atoms with van der Waals surface area (Å²) in [6.45, 7) is 5.62. The van der Waals surface area contributed by atoms with E-state index >= 15 is 0 Å². The third kappa shape index (κ3) is 4.19. The number of rotatable bonds is 6. The van der Waals surface area contributed by atoms with Gasteiger partial charge in [0.2, 0.25) is 0 Å². The van der Waals surface area contributed by atoms with Gasteiger partial charge in [-0.05, 0) is 41.8 Å². The van der Waals surface area contributed by atoms with Crippen LogP contribution in [-0.2, 0) is 11.2 Å². The Morgan fingerprint density at radius 3 is 2.37 bits per heavy atom. The van der Waals surface area contributed by atoms with Crippen LogP contribution in [0.5, 0.6) is 0 Å². The van der Waals surface area contributed by atoms with Gasteiger partial charge in [-0.2, -0.15) is 0 Å². The van der Waals surface area contributed by atoms with E-state index in [1.165, 1.54) is 16.9 Å². The molecule has 0 radical (unpaired) electrons. The van der Waals surface area contributed by atoms with Gasteiger partial charge in [-0.15, -0.1) is 11.3 Å². The first-order valence-corrected chi connectivity index (χ1v) is 9.78. The Labute approximate surface area is 162 Å². The average Bonchev–Trinajstić information content (AvgIpc) is 2.99. The highest BCUT2D eigenvalue weighted by Crippen LogP contribution is 2.33. The van der Waals surface area contributed by atoms with Crippen molar-refractivity contribution in [3.63, 3.8) is 0 Å². The van der Waals surface area contributed by atoms with Crippen LogP contribution in [0.2, 0.25) is 0 Å². The fraction of sp³-hybridized carbons (Fsp3) is 0.273. The second-order valence-corrected chi connectivity index (χ2v) is 8.15. The summed E-state index contributed by atoms with van der Waals surface area (Å²) in [7, 11) is 0. The van der Waals surface area contributed by atoms with Crippen LogP contribution in [0, 0.1) is 12.8 Å². The molecule has 3 rings (SSSR count). The SMILES string of the molecule is Cc1ccc(Cc2c(C(=O)NC(C(=O)O)C(C)C)sc3ccccc23)cc1. The zero-order chi connectivity index (χ0) is 19.6. The molecular weight excluding hydrogens is 358 g/mol. The van der Waals surface area contributed by atoms with Crippen LogP contribution in [0.4, 0.5) is 0 Å². The van der Waals surface area contributed by atoms with Crippen molar-refractivity contribution >= 4 is 33.3 Å². The Bertz CT molecular complexity index is 973. The fourth-order valence-electron chi connectivity index (χ4n) is 3.09. The molecule has 1 aromatic heterocycles. The summed E-state index contributed by atoms with van der Waals surface area (Å²) in [5, 5.41) is 13.1. The van der Waals surface area contributed by atoms with E-state index in [9.17, 15) is 14.7 Å². The topological polar surface area (TPSA) is 66.4 Å². The molecule has 1 atom stereocenters. The third-order valence-electron chi connectivity index (χ3n) is 4.63. The number of amides is 1. The summed E-state index contributed by atoms with van der Waals surface area (Å²) in [6.07, 6.45) is 0.631. The Hall–Kier alpha value is -2.66. The van der Waals surface area contributed by atoms with Crippen molar-refractivity contribution in [2.24, 2.45) is 5.92 Å². The lowest BCUT2D eigenvalue weighted by Crippen LogP contribution is -2.44. The first kappa shape index (κ1) is 19.1. The van der Waals surface area contributed by atoms with E-state index in [0.29, 0.717) is 11.3 Å². The third-order valence-corrected chi connectivity index (χ3v) is 5.84. The van der Waals surface area contributed by atoms with Crippen LogP contribution in [0.25, 0.3) is 10.1 Å². The number of carbonyl (C=O) groups is 2. The van der Waals surface area contributed by atoms with Gasteiger partial charge in [0, 0.05) is 4.70 Å². The lowest BCUT2D eigenvalue weighted by Gasteiger charge is -2.18. The molecule has 4 nitrogen and oxygen atoms in total. The molecule has 5 heteroatoms. The summed E-state index contributed by atoms with van der Waals surface area (Å²) >= 11 is 1.41. The highest BCUT2D eigenvalue weighted by atomic mass is 32.1. The number of thiophene rings is 1. The second kappa shape index (κ2) is 7.92. The maximum atomic E-state index is 12.9. The summed E-state index contributed by atoms with van der Waals surface area (Å²) in [5.41, 5.74) is 3.26. The molecule has 140 valence electrons. The normalized spacial score (nSPS) is 12.3. The van der Waals surface area contributed by atoms with E-state index in [0.717, 1.165) is 21.2 Å². The number of nitrogens with one attached hydrogen (secondary N) is 1. The van der Waals surface area contributed by atoms with E-state index < -0.39 is 12.0 Å². The molecule has 0 bridgehead atoms. The van der Waals surface area contributed by atoms with Gasteiger partial charge in [-0.1, -0.05) is 61.9 Å². The summed E-state index contributed by atoms with van der Waals surface area (Å²) < 4.78 is 1.03. The number of carboxylic acid groups (broad SMARTS) is 1. The van der Waals surface area contributed by atoms with Gasteiger partial charge in [0.25, 0.3) is 5.91 Å². The summed E-state index contributed by atoms with van der Waals surface area (Å²) in [4.78, 5) is 25.0. The lowest BCUT2D eigenvalue weighted by atomic mass is 10.00. The molecule has 0 fully saturated rings. The number of aliphatic carboxylic acids is 1. The van der Waals surface area contributed by atoms with E-state index in [-0.39, 0.29) is 11.8 Å².